The third-order valence-corrected chi connectivity index (χ3v) is 4.13. The molecule has 0 spiro atoms. The van der Waals surface area contributed by atoms with Gasteiger partial charge < -0.3 is 10.6 Å². The van der Waals surface area contributed by atoms with Gasteiger partial charge in [0.25, 0.3) is 0 Å². The molecule has 2 rings (SSSR count). The molecule has 0 aromatic carbocycles. The topological polar surface area (TPSA) is 41.6 Å². The Morgan fingerprint density at radius 1 is 1.44 bits per heavy atom. The summed E-state index contributed by atoms with van der Waals surface area (Å²) in [7, 11) is 2.06. The van der Waals surface area contributed by atoms with E-state index in [2.05, 4.69) is 30.8 Å². The van der Waals surface area contributed by atoms with Crippen LogP contribution in [0.1, 0.15) is 39.5 Å². The predicted octanol–water partition coefficient (Wildman–Crippen LogP) is 2.45. The maximum absolute atomic E-state index is 5.97. The van der Waals surface area contributed by atoms with Gasteiger partial charge in [-0.15, -0.1) is 24.0 Å². The fourth-order valence-corrected chi connectivity index (χ4v) is 2.08. The first kappa shape index (κ1) is 14.1. The predicted molar refractivity (Wildman–Crippen MR) is 79.2 cm³/mol. The smallest absolute Gasteiger partial charge is 0.191 e. The molecule has 3 nitrogen and oxygen atoms in total. The molecule has 0 bridgehead atoms. The Bertz CT molecular complexity index is 267. The van der Waals surface area contributed by atoms with Crippen molar-refractivity contribution in [3.63, 3.8) is 0 Å². The summed E-state index contributed by atoms with van der Waals surface area (Å²) >= 11 is 0. The van der Waals surface area contributed by atoms with Crippen LogP contribution in [0.4, 0.5) is 0 Å². The van der Waals surface area contributed by atoms with Gasteiger partial charge in [0, 0.05) is 19.6 Å². The van der Waals surface area contributed by atoms with E-state index in [9.17, 15) is 0 Å². The van der Waals surface area contributed by atoms with Gasteiger partial charge in [0.05, 0.1) is 0 Å². The van der Waals surface area contributed by atoms with Crippen LogP contribution >= 0.6 is 24.0 Å². The molecule has 0 aromatic rings. The largest absolute Gasteiger partial charge is 0.370 e. The van der Waals surface area contributed by atoms with E-state index in [-0.39, 0.29) is 24.0 Å². The molecule has 0 radical (unpaired) electrons. The van der Waals surface area contributed by atoms with E-state index in [4.69, 9.17) is 5.73 Å². The lowest BCUT2D eigenvalue weighted by atomic mass is 9.93. The molecule has 4 heteroatoms. The molecule has 2 aliphatic carbocycles. The minimum atomic E-state index is 0. The Balaban J connectivity index is 0.00000128. The van der Waals surface area contributed by atoms with Crippen molar-refractivity contribution in [2.45, 2.75) is 45.6 Å². The van der Waals surface area contributed by atoms with Gasteiger partial charge in [0.15, 0.2) is 5.96 Å². The molecule has 0 aliphatic heterocycles. The second kappa shape index (κ2) is 5.10. The number of halogens is 1. The van der Waals surface area contributed by atoms with Gasteiger partial charge in [0.2, 0.25) is 0 Å². The van der Waals surface area contributed by atoms with Gasteiger partial charge in [-0.25, -0.2) is 0 Å². The minimum Gasteiger partial charge on any atom is -0.370 e. The lowest BCUT2D eigenvalue weighted by molar-refractivity contribution is 0.367. The van der Waals surface area contributed by atoms with Gasteiger partial charge in [-0.05, 0) is 37.0 Å². The van der Waals surface area contributed by atoms with Crippen molar-refractivity contribution in [1.82, 2.24) is 4.90 Å². The summed E-state index contributed by atoms with van der Waals surface area (Å²) < 4.78 is 0. The van der Waals surface area contributed by atoms with Crippen molar-refractivity contribution in [3.05, 3.63) is 0 Å². The molecule has 0 atom stereocenters. The van der Waals surface area contributed by atoms with Crippen LogP contribution in [0.15, 0.2) is 4.99 Å². The van der Waals surface area contributed by atoms with E-state index in [0.717, 1.165) is 18.4 Å². The Morgan fingerprint density at radius 2 is 2.00 bits per heavy atom. The molecule has 0 amide bonds. The van der Waals surface area contributed by atoms with E-state index >= 15 is 0 Å². The number of nitrogens with two attached hydrogens (primary N) is 1. The van der Waals surface area contributed by atoms with Crippen LogP contribution in [-0.2, 0) is 0 Å². The highest BCUT2D eigenvalue weighted by atomic mass is 127. The summed E-state index contributed by atoms with van der Waals surface area (Å²) in [6, 6.07) is 0.669. The van der Waals surface area contributed by atoms with Crippen LogP contribution < -0.4 is 5.73 Å². The molecular weight excluding hydrogens is 313 g/mol. The number of hydrogen-bond donors (Lipinski definition) is 1. The van der Waals surface area contributed by atoms with Gasteiger partial charge in [-0.2, -0.15) is 0 Å². The number of nitrogens with zero attached hydrogens (tertiary/aromatic N) is 2. The van der Waals surface area contributed by atoms with E-state index in [0.29, 0.717) is 11.5 Å². The highest BCUT2D eigenvalue weighted by Gasteiger charge is 2.45. The summed E-state index contributed by atoms with van der Waals surface area (Å²) in [6.45, 7) is 5.51. The third-order valence-electron chi connectivity index (χ3n) is 4.13. The third kappa shape index (κ3) is 3.02. The average molecular weight is 337 g/mol. The summed E-state index contributed by atoms with van der Waals surface area (Å²) in [5, 5.41) is 0. The highest BCUT2D eigenvalue weighted by molar-refractivity contribution is 14.0. The molecule has 0 saturated heterocycles. The van der Waals surface area contributed by atoms with Gasteiger partial charge >= 0.3 is 0 Å². The number of aliphatic imine (C=N–C) groups is 1. The zero-order valence-corrected chi connectivity index (χ0v) is 12.9. The van der Waals surface area contributed by atoms with Gasteiger partial charge in [-0.3, -0.25) is 4.99 Å². The van der Waals surface area contributed by atoms with Crippen LogP contribution in [0, 0.1) is 11.3 Å². The standard InChI is InChI=1S/C12H23N3.HI/c1-9(2)12(6-7-12)8-14-11(13)15(3)10-4-5-10;/h9-10H,4-8H2,1-3H3,(H2,13,14);1H. The van der Waals surface area contributed by atoms with Crippen molar-refractivity contribution in [1.29, 1.82) is 0 Å². The molecule has 0 heterocycles. The first-order valence-electron chi connectivity index (χ1n) is 6.08. The highest BCUT2D eigenvalue weighted by Crippen LogP contribution is 2.52. The van der Waals surface area contributed by atoms with Crippen LogP contribution in [0.3, 0.4) is 0 Å². The molecule has 0 aromatic heterocycles. The van der Waals surface area contributed by atoms with Crippen molar-refractivity contribution < 1.29 is 0 Å². The monoisotopic (exact) mass is 337 g/mol. The van der Waals surface area contributed by atoms with E-state index in [1.54, 1.807) is 0 Å². The lowest BCUT2D eigenvalue weighted by Gasteiger charge is -2.20. The van der Waals surface area contributed by atoms with E-state index in [1.165, 1.54) is 25.7 Å². The first-order chi connectivity index (χ1) is 7.05. The maximum atomic E-state index is 5.97. The van der Waals surface area contributed by atoms with Crippen LogP contribution in [0.25, 0.3) is 0 Å². The molecule has 16 heavy (non-hydrogen) atoms. The van der Waals surface area contributed by atoms with E-state index in [1.807, 2.05) is 0 Å². The second-order valence-corrected chi connectivity index (χ2v) is 5.53. The Morgan fingerprint density at radius 3 is 2.38 bits per heavy atom. The molecular formula is C12H24IN3. The lowest BCUT2D eigenvalue weighted by Crippen LogP contribution is -2.36. The second-order valence-electron chi connectivity index (χ2n) is 5.53. The van der Waals surface area contributed by atoms with Crippen molar-refractivity contribution in [2.75, 3.05) is 13.6 Å². The molecule has 2 fully saturated rings. The van der Waals surface area contributed by atoms with Gasteiger partial charge in [0.1, 0.15) is 0 Å². The van der Waals surface area contributed by atoms with Crippen LogP contribution in [0.5, 0.6) is 0 Å². The zero-order valence-electron chi connectivity index (χ0n) is 10.6. The summed E-state index contributed by atoms with van der Waals surface area (Å²) in [4.78, 5) is 6.70. The summed E-state index contributed by atoms with van der Waals surface area (Å²) in [6.07, 6.45) is 5.22. The van der Waals surface area contributed by atoms with Crippen LogP contribution in [0.2, 0.25) is 0 Å². The summed E-state index contributed by atoms with van der Waals surface area (Å²) in [5.41, 5.74) is 6.45. The van der Waals surface area contributed by atoms with Crippen molar-refractivity contribution in [2.24, 2.45) is 22.1 Å². The number of rotatable bonds is 4. The zero-order chi connectivity index (χ0) is 11.1. The van der Waals surface area contributed by atoms with Crippen molar-refractivity contribution >= 4 is 29.9 Å². The molecule has 0 unspecified atom stereocenters. The fraction of sp³-hybridized carbons (Fsp3) is 0.917. The first-order valence-corrected chi connectivity index (χ1v) is 6.08. The Kier molecular flexibility index (Phi) is 4.49. The Hall–Kier alpha value is 0. The molecule has 2 N–H and O–H groups in total. The van der Waals surface area contributed by atoms with Crippen molar-refractivity contribution in [3.8, 4) is 0 Å². The molecule has 2 saturated carbocycles. The average Bonchev–Trinajstić information content (AvgIpc) is 3.02. The quantitative estimate of drug-likeness (QED) is 0.486. The van der Waals surface area contributed by atoms with E-state index < -0.39 is 0 Å². The Labute approximate surface area is 116 Å². The molecule has 94 valence electrons. The SMILES string of the molecule is CC(C)C1(CN=C(N)N(C)C2CC2)CC1.I. The summed E-state index contributed by atoms with van der Waals surface area (Å²) in [5.74, 6) is 1.48. The normalized spacial score (nSPS) is 22.9. The fourth-order valence-electron chi connectivity index (χ4n) is 2.08. The minimum absolute atomic E-state index is 0. The van der Waals surface area contributed by atoms with Gasteiger partial charge in [-0.1, -0.05) is 13.8 Å². The number of guanidine groups is 1. The van der Waals surface area contributed by atoms with Crippen LogP contribution in [-0.4, -0.2) is 30.5 Å². The number of hydrogen-bond acceptors (Lipinski definition) is 1. The molecule has 2 aliphatic rings. The maximum Gasteiger partial charge on any atom is 0.191 e.